The minimum atomic E-state index is -0.226. The second-order valence-corrected chi connectivity index (χ2v) is 5.83. The molecule has 1 aromatic carbocycles. The van der Waals surface area contributed by atoms with E-state index in [4.69, 9.17) is 11.6 Å². The molecular formula is C17H24ClNO2. The van der Waals surface area contributed by atoms with Crippen LogP contribution in [0.2, 0.25) is 5.02 Å². The van der Waals surface area contributed by atoms with Crippen molar-refractivity contribution in [1.82, 2.24) is 5.32 Å². The van der Waals surface area contributed by atoms with Crippen molar-refractivity contribution in [2.24, 2.45) is 5.41 Å². The standard InChI is InChI=1S/C17H24ClNO2/c1-4-17(5-2,12-20)11-19-16(21)9-8-14-7-6-13(3)15(18)10-14/h6-10,20H,4-5,11-12H2,1-3H3,(H,19,21)/b9-8+. The summed E-state index contributed by atoms with van der Waals surface area (Å²) in [4.78, 5) is 11.9. The van der Waals surface area contributed by atoms with Gasteiger partial charge in [-0.05, 0) is 43.0 Å². The largest absolute Gasteiger partial charge is 0.396 e. The summed E-state index contributed by atoms with van der Waals surface area (Å²) >= 11 is 6.04. The van der Waals surface area contributed by atoms with Gasteiger partial charge in [0.2, 0.25) is 5.91 Å². The van der Waals surface area contributed by atoms with E-state index in [1.807, 2.05) is 39.0 Å². The number of aliphatic hydroxyl groups is 1. The van der Waals surface area contributed by atoms with Gasteiger partial charge in [-0.25, -0.2) is 0 Å². The van der Waals surface area contributed by atoms with Gasteiger partial charge in [0.25, 0.3) is 0 Å². The predicted molar refractivity (Wildman–Crippen MR) is 88.3 cm³/mol. The summed E-state index contributed by atoms with van der Waals surface area (Å²) in [5.74, 6) is -0.161. The zero-order chi connectivity index (χ0) is 15.9. The van der Waals surface area contributed by atoms with E-state index in [-0.39, 0.29) is 17.9 Å². The van der Waals surface area contributed by atoms with Gasteiger partial charge in [0.1, 0.15) is 0 Å². The molecule has 0 aliphatic carbocycles. The molecule has 0 fully saturated rings. The Morgan fingerprint density at radius 3 is 2.57 bits per heavy atom. The van der Waals surface area contributed by atoms with Crippen LogP contribution in [0.4, 0.5) is 0 Å². The first-order valence-corrected chi connectivity index (χ1v) is 7.67. The normalized spacial score (nSPS) is 11.9. The minimum absolute atomic E-state index is 0.0809. The van der Waals surface area contributed by atoms with Crippen molar-refractivity contribution in [2.75, 3.05) is 13.2 Å². The molecule has 1 rings (SSSR count). The summed E-state index contributed by atoms with van der Waals surface area (Å²) in [6, 6.07) is 5.67. The van der Waals surface area contributed by atoms with Crippen molar-refractivity contribution >= 4 is 23.6 Å². The summed E-state index contributed by atoms with van der Waals surface area (Å²) in [5, 5.41) is 13.0. The Kier molecular flexibility index (Phi) is 6.93. The van der Waals surface area contributed by atoms with Gasteiger partial charge in [-0.15, -0.1) is 0 Å². The number of carbonyl (C=O) groups is 1. The molecule has 0 saturated heterocycles. The average Bonchev–Trinajstić information content (AvgIpc) is 2.50. The van der Waals surface area contributed by atoms with Crippen molar-refractivity contribution in [3.63, 3.8) is 0 Å². The molecule has 0 aliphatic heterocycles. The quantitative estimate of drug-likeness (QED) is 0.756. The van der Waals surface area contributed by atoms with Crippen molar-refractivity contribution < 1.29 is 9.90 Å². The molecule has 1 amide bonds. The summed E-state index contributed by atoms with van der Waals surface area (Å²) in [7, 11) is 0. The maximum absolute atomic E-state index is 11.9. The van der Waals surface area contributed by atoms with E-state index in [0.29, 0.717) is 11.6 Å². The zero-order valence-corrected chi connectivity index (χ0v) is 13.7. The van der Waals surface area contributed by atoms with E-state index >= 15 is 0 Å². The minimum Gasteiger partial charge on any atom is -0.396 e. The molecule has 0 radical (unpaired) electrons. The number of hydrogen-bond acceptors (Lipinski definition) is 2. The third-order valence-electron chi connectivity index (χ3n) is 4.10. The van der Waals surface area contributed by atoms with Crippen LogP contribution in [-0.4, -0.2) is 24.2 Å². The molecule has 0 aromatic heterocycles. The summed E-state index contributed by atoms with van der Waals surface area (Å²) < 4.78 is 0. The lowest BCUT2D eigenvalue weighted by atomic mass is 9.83. The third-order valence-corrected chi connectivity index (χ3v) is 4.50. The van der Waals surface area contributed by atoms with Gasteiger partial charge in [0, 0.05) is 23.1 Å². The third kappa shape index (κ3) is 5.18. The van der Waals surface area contributed by atoms with Gasteiger partial charge in [-0.3, -0.25) is 4.79 Å². The van der Waals surface area contributed by atoms with Crippen LogP contribution >= 0.6 is 11.6 Å². The van der Waals surface area contributed by atoms with Gasteiger partial charge >= 0.3 is 0 Å². The topological polar surface area (TPSA) is 49.3 Å². The van der Waals surface area contributed by atoms with Gasteiger partial charge in [-0.1, -0.05) is 37.6 Å². The van der Waals surface area contributed by atoms with Gasteiger partial charge < -0.3 is 10.4 Å². The fraction of sp³-hybridized carbons (Fsp3) is 0.471. The number of amides is 1. The fourth-order valence-electron chi connectivity index (χ4n) is 2.00. The number of aryl methyl sites for hydroxylation is 1. The molecule has 116 valence electrons. The highest BCUT2D eigenvalue weighted by atomic mass is 35.5. The Bertz CT molecular complexity index is 499. The van der Waals surface area contributed by atoms with Crippen LogP contribution in [0.5, 0.6) is 0 Å². The number of hydrogen-bond donors (Lipinski definition) is 2. The lowest BCUT2D eigenvalue weighted by Crippen LogP contribution is -2.38. The molecule has 0 heterocycles. The molecule has 0 aliphatic rings. The molecule has 3 nitrogen and oxygen atoms in total. The van der Waals surface area contributed by atoms with E-state index in [2.05, 4.69) is 5.32 Å². The Labute approximate surface area is 132 Å². The lowest BCUT2D eigenvalue weighted by Gasteiger charge is -2.29. The maximum atomic E-state index is 11.9. The zero-order valence-electron chi connectivity index (χ0n) is 12.9. The van der Waals surface area contributed by atoms with E-state index in [1.54, 1.807) is 6.08 Å². The van der Waals surface area contributed by atoms with Crippen LogP contribution in [0.1, 0.15) is 37.8 Å². The molecule has 21 heavy (non-hydrogen) atoms. The first-order valence-electron chi connectivity index (χ1n) is 7.29. The highest BCUT2D eigenvalue weighted by Gasteiger charge is 2.25. The SMILES string of the molecule is CCC(CC)(CO)CNC(=O)/C=C/c1ccc(C)c(Cl)c1. The number of carbonyl (C=O) groups excluding carboxylic acids is 1. The number of halogens is 1. The average molecular weight is 310 g/mol. The molecule has 0 spiro atoms. The first kappa shape index (κ1) is 17.7. The van der Waals surface area contributed by atoms with Crippen LogP contribution in [0, 0.1) is 12.3 Å². The molecule has 1 aromatic rings. The first-order chi connectivity index (χ1) is 9.96. The fourth-order valence-corrected chi connectivity index (χ4v) is 2.19. The summed E-state index contributed by atoms with van der Waals surface area (Å²) in [5.41, 5.74) is 1.67. The molecule has 0 saturated carbocycles. The molecule has 0 bridgehead atoms. The Hall–Kier alpha value is -1.32. The van der Waals surface area contributed by atoms with Gasteiger partial charge in [0.15, 0.2) is 0 Å². The van der Waals surface area contributed by atoms with E-state index in [9.17, 15) is 9.90 Å². The monoisotopic (exact) mass is 309 g/mol. The van der Waals surface area contributed by atoms with Gasteiger partial charge in [0.05, 0.1) is 6.61 Å². The number of rotatable bonds is 7. The molecule has 2 N–H and O–H groups in total. The number of nitrogens with one attached hydrogen (secondary N) is 1. The predicted octanol–water partition coefficient (Wildman–Crippen LogP) is 3.58. The van der Waals surface area contributed by atoms with Crippen molar-refractivity contribution in [2.45, 2.75) is 33.6 Å². The lowest BCUT2D eigenvalue weighted by molar-refractivity contribution is -0.117. The van der Waals surface area contributed by atoms with Crippen LogP contribution in [0.15, 0.2) is 24.3 Å². The Morgan fingerprint density at radius 2 is 2.05 bits per heavy atom. The highest BCUT2D eigenvalue weighted by molar-refractivity contribution is 6.31. The number of aliphatic hydroxyl groups excluding tert-OH is 1. The van der Waals surface area contributed by atoms with E-state index < -0.39 is 0 Å². The number of benzene rings is 1. The van der Waals surface area contributed by atoms with Gasteiger partial charge in [-0.2, -0.15) is 0 Å². The molecule has 0 atom stereocenters. The van der Waals surface area contributed by atoms with Crippen molar-refractivity contribution in [3.8, 4) is 0 Å². The smallest absolute Gasteiger partial charge is 0.244 e. The van der Waals surface area contributed by atoms with Crippen LogP contribution in [0.25, 0.3) is 6.08 Å². The second kappa shape index (κ2) is 8.20. The van der Waals surface area contributed by atoms with Crippen molar-refractivity contribution in [1.29, 1.82) is 0 Å². The maximum Gasteiger partial charge on any atom is 0.244 e. The Balaban J connectivity index is 2.60. The summed E-state index contributed by atoms with van der Waals surface area (Å²) in [6.45, 7) is 6.55. The summed E-state index contributed by atoms with van der Waals surface area (Å²) in [6.07, 6.45) is 4.89. The van der Waals surface area contributed by atoms with E-state index in [1.165, 1.54) is 6.08 Å². The van der Waals surface area contributed by atoms with Crippen LogP contribution < -0.4 is 5.32 Å². The second-order valence-electron chi connectivity index (χ2n) is 5.42. The van der Waals surface area contributed by atoms with Crippen molar-refractivity contribution in [3.05, 3.63) is 40.4 Å². The van der Waals surface area contributed by atoms with Crippen LogP contribution in [-0.2, 0) is 4.79 Å². The molecule has 4 heteroatoms. The van der Waals surface area contributed by atoms with E-state index in [0.717, 1.165) is 24.0 Å². The Morgan fingerprint density at radius 1 is 1.38 bits per heavy atom. The highest BCUT2D eigenvalue weighted by Crippen LogP contribution is 2.24. The van der Waals surface area contributed by atoms with Crippen LogP contribution in [0.3, 0.4) is 0 Å². The molecule has 0 unspecified atom stereocenters. The molecular weight excluding hydrogens is 286 g/mol.